The minimum Gasteiger partial charge on any atom is -0.453 e. The van der Waals surface area contributed by atoms with Crippen molar-refractivity contribution in [3.8, 4) is 0 Å². The van der Waals surface area contributed by atoms with Gasteiger partial charge in [-0.05, 0) is 65.2 Å². The molecule has 1 aromatic heterocycles. The first-order valence-electron chi connectivity index (χ1n) is 8.02. The second-order valence-corrected chi connectivity index (χ2v) is 10.8. The van der Waals surface area contributed by atoms with E-state index in [9.17, 15) is 16.8 Å². The van der Waals surface area contributed by atoms with Crippen molar-refractivity contribution in [1.82, 2.24) is 8.61 Å². The predicted octanol–water partition coefficient (Wildman–Crippen LogP) is 2.65. The van der Waals surface area contributed by atoms with Crippen LogP contribution in [0.2, 0.25) is 0 Å². The summed E-state index contributed by atoms with van der Waals surface area (Å²) in [6, 6.07) is 8.71. The summed E-state index contributed by atoms with van der Waals surface area (Å²) < 4.78 is 58.8. The highest BCUT2D eigenvalue weighted by atomic mass is 79.9. The number of nitrogens with zero attached hydrogens (tertiary/aromatic N) is 2. The maximum Gasteiger partial charge on any atom is 0.243 e. The molecule has 142 valence electrons. The Morgan fingerprint density at radius 3 is 2.12 bits per heavy atom. The van der Waals surface area contributed by atoms with Crippen molar-refractivity contribution >= 4 is 36.0 Å². The lowest BCUT2D eigenvalue weighted by Crippen LogP contribution is -2.28. The molecule has 0 saturated carbocycles. The van der Waals surface area contributed by atoms with Gasteiger partial charge in [0.1, 0.15) is 5.76 Å². The van der Waals surface area contributed by atoms with Crippen LogP contribution in [-0.2, 0) is 26.6 Å². The molecule has 0 bridgehead atoms. The van der Waals surface area contributed by atoms with E-state index < -0.39 is 20.0 Å². The van der Waals surface area contributed by atoms with Gasteiger partial charge in [-0.1, -0.05) is 0 Å². The highest BCUT2D eigenvalue weighted by molar-refractivity contribution is 9.10. The van der Waals surface area contributed by atoms with Gasteiger partial charge in [0.15, 0.2) is 4.67 Å². The fourth-order valence-electron chi connectivity index (χ4n) is 2.78. The number of furan rings is 1. The van der Waals surface area contributed by atoms with Crippen LogP contribution in [0.5, 0.6) is 0 Å². The van der Waals surface area contributed by atoms with Crippen LogP contribution in [0, 0.1) is 0 Å². The molecule has 1 fully saturated rings. The molecule has 0 aliphatic carbocycles. The fraction of sp³-hybridized carbons (Fsp3) is 0.375. The van der Waals surface area contributed by atoms with E-state index in [2.05, 4.69) is 15.9 Å². The molecule has 2 heterocycles. The van der Waals surface area contributed by atoms with Crippen LogP contribution >= 0.6 is 15.9 Å². The maximum absolute atomic E-state index is 12.7. The van der Waals surface area contributed by atoms with Crippen molar-refractivity contribution in [2.24, 2.45) is 0 Å². The van der Waals surface area contributed by atoms with Crippen LogP contribution in [0.15, 0.2) is 55.3 Å². The molecule has 0 spiro atoms. The molecule has 26 heavy (non-hydrogen) atoms. The van der Waals surface area contributed by atoms with Gasteiger partial charge in [-0.25, -0.2) is 16.8 Å². The zero-order valence-corrected chi connectivity index (χ0v) is 17.3. The van der Waals surface area contributed by atoms with E-state index in [1.165, 1.54) is 35.6 Å². The summed E-state index contributed by atoms with van der Waals surface area (Å²) in [6.45, 7) is 1.08. The van der Waals surface area contributed by atoms with Crippen LogP contribution < -0.4 is 0 Å². The van der Waals surface area contributed by atoms with Crippen LogP contribution in [0.25, 0.3) is 0 Å². The van der Waals surface area contributed by atoms with Crippen LogP contribution in [0.1, 0.15) is 18.6 Å². The molecule has 1 aromatic carbocycles. The van der Waals surface area contributed by atoms with Crippen molar-refractivity contribution in [2.75, 3.05) is 20.1 Å². The summed E-state index contributed by atoms with van der Waals surface area (Å²) >= 11 is 3.18. The van der Waals surface area contributed by atoms with Gasteiger partial charge in [-0.3, -0.25) is 0 Å². The summed E-state index contributed by atoms with van der Waals surface area (Å²) in [7, 11) is -5.88. The standard InChI is InChI=1S/C16H19BrN2O5S2/c1-18(12-13-4-9-16(17)24-13)25(20,21)14-5-7-15(8-6-14)26(22,23)19-10-2-3-11-19/h4-9H,2-3,10-12H2,1H3. The van der Waals surface area contributed by atoms with E-state index in [4.69, 9.17) is 4.42 Å². The molecule has 10 heteroatoms. The van der Waals surface area contributed by atoms with Gasteiger partial charge in [0.2, 0.25) is 20.0 Å². The minimum atomic E-state index is -3.76. The van der Waals surface area contributed by atoms with Crippen molar-refractivity contribution in [3.05, 3.63) is 46.8 Å². The Kier molecular flexibility index (Phi) is 5.59. The van der Waals surface area contributed by atoms with Crippen molar-refractivity contribution in [1.29, 1.82) is 0 Å². The van der Waals surface area contributed by atoms with Crippen LogP contribution in [0.3, 0.4) is 0 Å². The van der Waals surface area contributed by atoms with Crippen molar-refractivity contribution in [2.45, 2.75) is 29.2 Å². The quantitative estimate of drug-likeness (QED) is 0.658. The average molecular weight is 463 g/mol. The highest BCUT2D eigenvalue weighted by Crippen LogP contribution is 2.24. The average Bonchev–Trinajstić information content (AvgIpc) is 3.27. The lowest BCUT2D eigenvalue weighted by molar-refractivity contribution is 0.398. The summed E-state index contributed by atoms with van der Waals surface area (Å²) in [4.78, 5) is 0.141. The minimum absolute atomic E-state index is 0.0333. The predicted molar refractivity (Wildman–Crippen MR) is 99.5 cm³/mol. The third-order valence-corrected chi connectivity index (χ3v) is 8.40. The molecule has 1 saturated heterocycles. The normalized spacial score (nSPS) is 16.4. The summed E-state index contributed by atoms with van der Waals surface area (Å²) in [5.74, 6) is 0.496. The molecular formula is C16H19BrN2O5S2. The number of hydrogen-bond acceptors (Lipinski definition) is 5. The Hall–Kier alpha value is -1.20. The number of hydrogen-bond donors (Lipinski definition) is 0. The lowest BCUT2D eigenvalue weighted by Gasteiger charge is -2.18. The number of halogens is 1. The first-order valence-corrected chi connectivity index (χ1v) is 11.7. The fourth-order valence-corrected chi connectivity index (χ4v) is 5.78. The Morgan fingerprint density at radius 2 is 1.58 bits per heavy atom. The second kappa shape index (κ2) is 7.43. The van der Waals surface area contributed by atoms with Gasteiger partial charge in [0.05, 0.1) is 16.3 Å². The van der Waals surface area contributed by atoms with Gasteiger partial charge in [0.25, 0.3) is 0 Å². The molecule has 2 aromatic rings. The molecule has 7 nitrogen and oxygen atoms in total. The second-order valence-electron chi connectivity index (χ2n) is 6.05. The summed E-state index contributed by atoms with van der Waals surface area (Å²) in [6.07, 6.45) is 1.69. The van der Waals surface area contributed by atoms with Crippen molar-refractivity contribution in [3.63, 3.8) is 0 Å². The lowest BCUT2D eigenvalue weighted by atomic mass is 10.4. The number of rotatable bonds is 6. The van der Waals surface area contributed by atoms with Gasteiger partial charge < -0.3 is 4.42 Å². The zero-order valence-electron chi connectivity index (χ0n) is 14.1. The van der Waals surface area contributed by atoms with Gasteiger partial charge in [-0.15, -0.1) is 0 Å². The third-order valence-electron chi connectivity index (χ3n) is 4.24. The smallest absolute Gasteiger partial charge is 0.243 e. The van der Waals surface area contributed by atoms with Gasteiger partial charge in [0, 0.05) is 20.1 Å². The SMILES string of the molecule is CN(Cc1ccc(Br)o1)S(=O)(=O)c1ccc(S(=O)(=O)N2CCCC2)cc1. The van der Waals surface area contributed by atoms with E-state index in [-0.39, 0.29) is 16.3 Å². The van der Waals surface area contributed by atoms with E-state index in [0.717, 1.165) is 17.1 Å². The van der Waals surface area contributed by atoms with E-state index in [1.807, 2.05) is 0 Å². The number of sulfonamides is 2. The molecule has 1 aliphatic rings. The van der Waals surface area contributed by atoms with E-state index >= 15 is 0 Å². The largest absolute Gasteiger partial charge is 0.453 e. The van der Waals surface area contributed by atoms with E-state index in [0.29, 0.717) is 23.5 Å². The molecule has 0 N–H and O–H groups in total. The number of benzene rings is 1. The molecule has 0 radical (unpaired) electrons. The Bertz CT molecular complexity index is 978. The monoisotopic (exact) mass is 462 g/mol. The Labute approximate surface area is 161 Å². The first-order chi connectivity index (χ1) is 12.2. The zero-order chi connectivity index (χ0) is 18.9. The molecule has 1 aliphatic heterocycles. The molecular weight excluding hydrogens is 444 g/mol. The van der Waals surface area contributed by atoms with Gasteiger partial charge >= 0.3 is 0 Å². The maximum atomic E-state index is 12.7. The molecule has 0 atom stereocenters. The third kappa shape index (κ3) is 3.89. The Morgan fingerprint density at radius 1 is 1.00 bits per heavy atom. The van der Waals surface area contributed by atoms with E-state index in [1.54, 1.807) is 12.1 Å². The first kappa shape index (κ1) is 19.6. The topological polar surface area (TPSA) is 87.9 Å². The van der Waals surface area contributed by atoms with Crippen molar-refractivity contribution < 1.29 is 21.3 Å². The van der Waals surface area contributed by atoms with Gasteiger partial charge in [-0.2, -0.15) is 8.61 Å². The van der Waals surface area contributed by atoms with Crippen LogP contribution in [0.4, 0.5) is 0 Å². The molecule has 0 amide bonds. The summed E-state index contributed by atoms with van der Waals surface area (Å²) in [5.41, 5.74) is 0. The van der Waals surface area contributed by atoms with Crippen LogP contribution in [-0.4, -0.2) is 45.6 Å². The highest BCUT2D eigenvalue weighted by Gasteiger charge is 2.28. The Balaban J connectivity index is 1.80. The molecule has 3 rings (SSSR count). The molecule has 0 unspecified atom stereocenters. The summed E-state index contributed by atoms with van der Waals surface area (Å²) in [5, 5.41) is 0.